The maximum Gasteiger partial charge on any atom is 0.265 e. The van der Waals surface area contributed by atoms with Crippen LogP contribution in [0.5, 0.6) is 5.75 Å². The normalized spacial score (nSPS) is 21.1. The van der Waals surface area contributed by atoms with Gasteiger partial charge in [0.15, 0.2) is 6.61 Å². The number of hydrogen-bond donors (Lipinski definition) is 0. The Morgan fingerprint density at radius 1 is 1.00 bits per heavy atom. The zero-order chi connectivity index (χ0) is 22.7. The largest absolute Gasteiger partial charge is 0.482 e. The van der Waals surface area contributed by atoms with Crippen LogP contribution in [0.25, 0.3) is 0 Å². The Balaban J connectivity index is 1.55. The maximum atomic E-state index is 13.2. The fourth-order valence-corrected chi connectivity index (χ4v) is 6.03. The van der Waals surface area contributed by atoms with Gasteiger partial charge in [-0.05, 0) is 37.6 Å². The zero-order valence-electron chi connectivity index (χ0n) is 18.7. The Hall–Kier alpha value is -2.17. The number of carbonyl (C=O) groups excluding carboxylic acids is 2. The second kappa shape index (κ2) is 9.76. The van der Waals surface area contributed by atoms with Crippen LogP contribution in [0.1, 0.15) is 32.6 Å². The lowest BCUT2D eigenvalue weighted by Crippen LogP contribution is -2.52. The van der Waals surface area contributed by atoms with Gasteiger partial charge in [0.1, 0.15) is 12.3 Å². The number of nitrogens with zero attached hydrogens (tertiary/aromatic N) is 4. The van der Waals surface area contributed by atoms with Gasteiger partial charge in [0, 0.05) is 39.3 Å². The highest BCUT2D eigenvalue weighted by molar-refractivity contribution is 7.89. The van der Waals surface area contributed by atoms with Gasteiger partial charge in [-0.15, -0.1) is 0 Å². The number of likely N-dealkylation sites (N-methyl/N-ethyl adjacent to an activating group) is 1. The molecule has 10 heteroatoms. The number of benzene rings is 1. The Bertz CT molecular complexity index is 951. The number of ether oxygens (including phenoxy) is 1. The van der Waals surface area contributed by atoms with Crippen molar-refractivity contribution >= 4 is 27.5 Å². The number of fused-ring (bicyclic) bond motifs is 1. The number of anilines is 1. The summed E-state index contributed by atoms with van der Waals surface area (Å²) in [6.07, 6.45) is 3.75. The van der Waals surface area contributed by atoms with Crippen molar-refractivity contribution in [2.24, 2.45) is 0 Å². The third-order valence-corrected chi connectivity index (χ3v) is 8.44. The van der Waals surface area contributed by atoms with E-state index in [0.717, 1.165) is 45.3 Å². The van der Waals surface area contributed by atoms with Crippen molar-refractivity contribution in [1.29, 1.82) is 0 Å². The Kier molecular flexibility index (Phi) is 7.02. The zero-order valence-corrected chi connectivity index (χ0v) is 19.5. The molecule has 0 aliphatic carbocycles. The van der Waals surface area contributed by atoms with Crippen molar-refractivity contribution in [3.05, 3.63) is 18.2 Å². The van der Waals surface area contributed by atoms with Gasteiger partial charge in [0.05, 0.1) is 10.6 Å². The highest BCUT2D eigenvalue weighted by atomic mass is 32.2. The van der Waals surface area contributed by atoms with Gasteiger partial charge >= 0.3 is 0 Å². The Morgan fingerprint density at radius 2 is 1.69 bits per heavy atom. The molecule has 176 valence electrons. The highest BCUT2D eigenvalue weighted by Gasteiger charge is 2.33. The second-order valence-electron chi connectivity index (χ2n) is 8.53. The number of sulfonamides is 1. The van der Waals surface area contributed by atoms with E-state index in [1.807, 2.05) is 0 Å². The van der Waals surface area contributed by atoms with Gasteiger partial charge in [-0.25, -0.2) is 8.42 Å². The van der Waals surface area contributed by atoms with Crippen molar-refractivity contribution in [2.75, 3.05) is 63.9 Å². The van der Waals surface area contributed by atoms with E-state index in [4.69, 9.17) is 4.74 Å². The maximum absolute atomic E-state index is 13.2. The first-order valence-electron chi connectivity index (χ1n) is 11.5. The Labute approximate surface area is 189 Å². The summed E-state index contributed by atoms with van der Waals surface area (Å²) in [5.74, 6) is -0.0619. The molecule has 1 aromatic rings. The number of piperazine rings is 1. The second-order valence-corrected chi connectivity index (χ2v) is 10.5. The molecular weight excluding hydrogens is 432 g/mol. The highest BCUT2D eigenvalue weighted by Crippen LogP contribution is 2.35. The molecule has 0 saturated carbocycles. The van der Waals surface area contributed by atoms with Gasteiger partial charge in [0.25, 0.3) is 5.91 Å². The summed E-state index contributed by atoms with van der Waals surface area (Å²) in [7, 11) is -3.68. The molecule has 4 rings (SSSR count). The fourth-order valence-electron chi connectivity index (χ4n) is 4.50. The van der Waals surface area contributed by atoms with Crippen LogP contribution in [0.15, 0.2) is 23.1 Å². The first-order valence-corrected chi connectivity index (χ1v) is 12.9. The molecule has 2 saturated heterocycles. The first kappa shape index (κ1) is 23.0. The molecule has 0 unspecified atom stereocenters. The van der Waals surface area contributed by atoms with Gasteiger partial charge in [-0.3, -0.25) is 14.5 Å². The molecule has 1 aromatic carbocycles. The number of carbonyl (C=O) groups is 2. The standard InChI is InChI=1S/C22H32N4O5S/c1-2-23-11-13-24(14-12-23)21(27)16-26-19-15-18(7-8-20(19)31-17-22(26)28)32(29,30)25-9-5-3-4-6-10-25/h7-8,15H,2-6,9-14,16-17H2,1H3. The molecule has 0 spiro atoms. The van der Waals surface area contributed by atoms with E-state index < -0.39 is 10.0 Å². The summed E-state index contributed by atoms with van der Waals surface area (Å²) in [5.41, 5.74) is 0.345. The predicted molar refractivity (Wildman–Crippen MR) is 120 cm³/mol. The summed E-state index contributed by atoms with van der Waals surface area (Å²) in [6.45, 7) is 6.65. The lowest BCUT2D eigenvalue weighted by atomic mass is 10.2. The van der Waals surface area contributed by atoms with Crippen LogP contribution >= 0.6 is 0 Å². The van der Waals surface area contributed by atoms with E-state index in [0.29, 0.717) is 37.6 Å². The van der Waals surface area contributed by atoms with Crippen LogP contribution < -0.4 is 9.64 Å². The van der Waals surface area contributed by atoms with Crippen molar-refractivity contribution in [2.45, 2.75) is 37.5 Å². The molecule has 0 aromatic heterocycles. The summed E-state index contributed by atoms with van der Waals surface area (Å²) in [6, 6.07) is 4.59. The van der Waals surface area contributed by atoms with Crippen LogP contribution in [0.4, 0.5) is 5.69 Å². The number of rotatable bonds is 5. The third kappa shape index (κ3) is 4.77. The van der Waals surface area contributed by atoms with Crippen LogP contribution in [0.3, 0.4) is 0 Å². The summed E-state index contributed by atoms with van der Waals surface area (Å²) in [5, 5.41) is 0. The molecule has 0 radical (unpaired) electrons. The first-order chi connectivity index (χ1) is 15.4. The van der Waals surface area contributed by atoms with E-state index in [2.05, 4.69) is 11.8 Å². The smallest absolute Gasteiger partial charge is 0.265 e. The topological polar surface area (TPSA) is 90.5 Å². The van der Waals surface area contributed by atoms with Crippen LogP contribution in [0.2, 0.25) is 0 Å². The average molecular weight is 465 g/mol. The van der Waals surface area contributed by atoms with Crippen molar-refractivity contribution in [1.82, 2.24) is 14.1 Å². The van der Waals surface area contributed by atoms with Crippen molar-refractivity contribution in [3.63, 3.8) is 0 Å². The van der Waals surface area contributed by atoms with E-state index in [1.54, 1.807) is 11.0 Å². The minimum Gasteiger partial charge on any atom is -0.482 e. The van der Waals surface area contributed by atoms with Gasteiger partial charge in [-0.1, -0.05) is 19.8 Å². The molecule has 3 heterocycles. The van der Waals surface area contributed by atoms with E-state index >= 15 is 0 Å². The molecule has 9 nitrogen and oxygen atoms in total. The van der Waals surface area contributed by atoms with Crippen molar-refractivity contribution < 1.29 is 22.7 Å². The SMILES string of the molecule is CCN1CCN(C(=O)CN2C(=O)COc3ccc(S(=O)(=O)N4CCCCCC4)cc32)CC1. The van der Waals surface area contributed by atoms with Crippen LogP contribution in [0, 0.1) is 0 Å². The Morgan fingerprint density at radius 3 is 2.34 bits per heavy atom. The molecule has 0 bridgehead atoms. The molecule has 32 heavy (non-hydrogen) atoms. The average Bonchev–Trinajstić information content (AvgIpc) is 3.11. The summed E-state index contributed by atoms with van der Waals surface area (Å²) >= 11 is 0. The molecule has 2 amide bonds. The predicted octanol–water partition coefficient (Wildman–Crippen LogP) is 1.14. The van der Waals surface area contributed by atoms with E-state index in [9.17, 15) is 18.0 Å². The molecule has 3 aliphatic heterocycles. The number of hydrogen-bond acceptors (Lipinski definition) is 6. The van der Waals surface area contributed by atoms with Gasteiger partial charge < -0.3 is 14.5 Å². The monoisotopic (exact) mass is 464 g/mol. The van der Waals surface area contributed by atoms with Crippen LogP contribution in [-0.4, -0.2) is 93.3 Å². The van der Waals surface area contributed by atoms with Crippen molar-refractivity contribution in [3.8, 4) is 5.75 Å². The van der Waals surface area contributed by atoms with Gasteiger partial charge in [0.2, 0.25) is 15.9 Å². The quantitative estimate of drug-likeness (QED) is 0.649. The summed E-state index contributed by atoms with van der Waals surface area (Å²) < 4.78 is 33.5. The van der Waals surface area contributed by atoms with E-state index in [1.165, 1.54) is 21.3 Å². The van der Waals surface area contributed by atoms with Crippen LogP contribution in [-0.2, 0) is 19.6 Å². The molecular formula is C22H32N4O5S. The molecule has 0 N–H and O–H groups in total. The lowest BCUT2D eigenvalue weighted by Gasteiger charge is -2.36. The lowest BCUT2D eigenvalue weighted by molar-refractivity contribution is -0.133. The van der Waals surface area contributed by atoms with Gasteiger partial charge in [-0.2, -0.15) is 4.31 Å². The third-order valence-electron chi connectivity index (χ3n) is 6.54. The molecule has 2 fully saturated rings. The molecule has 0 atom stereocenters. The fraction of sp³-hybridized carbons (Fsp3) is 0.636. The number of amides is 2. The molecule has 3 aliphatic rings. The summed E-state index contributed by atoms with van der Waals surface area (Å²) in [4.78, 5) is 31.1. The minimum absolute atomic E-state index is 0.117. The minimum atomic E-state index is -3.68. The van der Waals surface area contributed by atoms with E-state index in [-0.39, 0.29) is 29.9 Å².